The molecule has 0 aliphatic carbocycles. The van der Waals surface area contributed by atoms with E-state index in [4.69, 9.17) is 19.5 Å². The third-order valence-corrected chi connectivity index (χ3v) is 7.07. The molecule has 12 heteroatoms. The van der Waals surface area contributed by atoms with Crippen molar-refractivity contribution in [1.29, 1.82) is 5.26 Å². The highest BCUT2D eigenvalue weighted by Crippen LogP contribution is 2.27. The predicted molar refractivity (Wildman–Crippen MR) is 158 cm³/mol. The number of nitrogens with zero attached hydrogens (tertiary/aromatic N) is 4. The summed E-state index contributed by atoms with van der Waals surface area (Å²) < 4.78 is 47.4. The molecule has 0 atom stereocenters. The number of methoxy groups -OCH3 is 2. The molecule has 0 aliphatic rings. The molecule has 0 saturated heterocycles. The fourth-order valence-electron chi connectivity index (χ4n) is 4.74. The number of carboxylic acid groups (broad SMARTS) is 1. The topological polar surface area (TPSA) is 137 Å². The van der Waals surface area contributed by atoms with Gasteiger partial charge in [-0.1, -0.05) is 18.2 Å². The second-order valence-corrected chi connectivity index (χ2v) is 9.94. The summed E-state index contributed by atoms with van der Waals surface area (Å²) in [4.78, 5) is 32.9. The zero-order chi connectivity index (χ0) is 32.1. The molecule has 45 heavy (non-hydrogen) atoms. The molecular formula is C33H26F2N4O6. The van der Waals surface area contributed by atoms with Gasteiger partial charge in [0, 0.05) is 37.3 Å². The van der Waals surface area contributed by atoms with Crippen LogP contribution in [-0.4, -0.2) is 52.4 Å². The monoisotopic (exact) mass is 612 g/mol. The molecule has 3 aromatic carbocycles. The number of esters is 1. The number of carbonyl (C=O) groups is 2. The molecule has 0 amide bonds. The van der Waals surface area contributed by atoms with Crippen molar-refractivity contribution < 1.29 is 37.7 Å². The van der Waals surface area contributed by atoms with Crippen molar-refractivity contribution in [2.24, 2.45) is 0 Å². The Morgan fingerprint density at radius 3 is 2.40 bits per heavy atom. The van der Waals surface area contributed by atoms with Gasteiger partial charge >= 0.3 is 11.9 Å². The molecule has 0 saturated carbocycles. The van der Waals surface area contributed by atoms with Crippen LogP contribution in [0, 0.1) is 23.0 Å². The van der Waals surface area contributed by atoms with Crippen molar-refractivity contribution in [3.05, 3.63) is 112 Å². The van der Waals surface area contributed by atoms with Crippen LogP contribution in [-0.2, 0) is 29.0 Å². The van der Waals surface area contributed by atoms with Crippen molar-refractivity contribution in [3.8, 4) is 23.2 Å². The lowest BCUT2D eigenvalue weighted by Crippen LogP contribution is -2.10. The van der Waals surface area contributed by atoms with Gasteiger partial charge in [-0.2, -0.15) is 5.26 Å². The number of aromatic nitrogens is 3. The maximum Gasteiger partial charge on any atom is 0.337 e. The molecule has 5 rings (SSSR count). The largest absolute Gasteiger partial charge is 0.478 e. The normalized spacial score (nSPS) is 10.9. The highest BCUT2D eigenvalue weighted by Gasteiger charge is 2.18. The lowest BCUT2D eigenvalue weighted by atomic mass is 10.0. The summed E-state index contributed by atoms with van der Waals surface area (Å²) in [5.41, 5.74) is 2.54. The molecule has 0 bridgehead atoms. The number of hydrogen-bond donors (Lipinski definition) is 1. The summed E-state index contributed by atoms with van der Waals surface area (Å²) in [7, 11) is 2.86. The van der Waals surface area contributed by atoms with Crippen LogP contribution in [0.15, 0.2) is 66.7 Å². The molecule has 228 valence electrons. The Labute approximate surface area is 256 Å². The van der Waals surface area contributed by atoms with E-state index in [1.165, 1.54) is 37.4 Å². The van der Waals surface area contributed by atoms with Crippen molar-refractivity contribution in [2.75, 3.05) is 20.8 Å². The van der Waals surface area contributed by atoms with Crippen LogP contribution in [0.25, 0.3) is 22.3 Å². The van der Waals surface area contributed by atoms with Crippen LogP contribution < -0.4 is 4.74 Å². The van der Waals surface area contributed by atoms with Gasteiger partial charge in [0.05, 0.1) is 53.2 Å². The zero-order valence-electron chi connectivity index (χ0n) is 24.2. The zero-order valence-corrected chi connectivity index (χ0v) is 24.2. The number of hydrogen-bond acceptors (Lipinski definition) is 8. The van der Waals surface area contributed by atoms with Gasteiger partial charge in [-0.25, -0.2) is 28.3 Å². The Kier molecular flexibility index (Phi) is 9.11. The molecule has 0 spiro atoms. The summed E-state index contributed by atoms with van der Waals surface area (Å²) in [6.45, 7) is 0.495. The number of carboxylic acids is 1. The minimum Gasteiger partial charge on any atom is -0.478 e. The number of rotatable bonds is 11. The third-order valence-electron chi connectivity index (χ3n) is 7.07. The second kappa shape index (κ2) is 13.3. The lowest BCUT2D eigenvalue weighted by molar-refractivity contribution is 0.0600. The number of nitriles is 1. The fraction of sp³-hybridized carbons (Fsp3) is 0.182. The first-order valence-electron chi connectivity index (χ1n) is 13.6. The average Bonchev–Trinajstić information content (AvgIpc) is 3.39. The van der Waals surface area contributed by atoms with E-state index < -0.39 is 23.6 Å². The standard InChI is InChI=1S/C33H26F2N4O6/c1-43-10-9-39-29-14-22(33(42)44-2)7-8-27(29)37-30(39)15-20-5-6-21(12-26(20)35)28-13-24(32(40)41)16-31(38-28)45-18-23-4-3-19(17-36)11-25(23)34/h3-8,11-14,16H,9-10,15,18H2,1-2H3,(H,40,41). The van der Waals surface area contributed by atoms with Gasteiger partial charge in [0.2, 0.25) is 5.88 Å². The fourth-order valence-corrected chi connectivity index (χ4v) is 4.74. The summed E-state index contributed by atoms with van der Waals surface area (Å²) in [5.74, 6) is -2.52. The van der Waals surface area contributed by atoms with Crippen molar-refractivity contribution in [1.82, 2.24) is 14.5 Å². The number of carbonyl (C=O) groups excluding carboxylic acids is 1. The molecule has 5 aromatic rings. The molecule has 0 radical (unpaired) electrons. The minimum atomic E-state index is -1.25. The lowest BCUT2D eigenvalue weighted by Gasteiger charge is -2.12. The Morgan fingerprint density at radius 2 is 1.71 bits per heavy atom. The molecule has 2 heterocycles. The van der Waals surface area contributed by atoms with Gasteiger partial charge in [0.15, 0.2) is 0 Å². The van der Waals surface area contributed by atoms with Gasteiger partial charge in [0.25, 0.3) is 0 Å². The van der Waals surface area contributed by atoms with E-state index in [2.05, 4.69) is 9.97 Å². The smallest absolute Gasteiger partial charge is 0.337 e. The van der Waals surface area contributed by atoms with Crippen LogP contribution in [0.4, 0.5) is 8.78 Å². The molecule has 0 fully saturated rings. The molecular weight excluding hydrogens is 586 g/mol. The van der Waals surface area contributed by atoms with Crippen molar-refractivity contribution in [3.63, 3.8) is 0 Å². The van der Waals surface area contributed by atoms with Crippen molar-refractivity contribution >= 4 is 23.0 Å². The van der Waals surface area contributed by atoms with Crippen LogP contribution >= 0.6 is 0 Å². The number of halogens is 2. The van der Waals surface area contributed by atoms with E-state index in [0.717, 1.165) is 6.07 Å². The van der Waals surface area contributed by atoms with E-state index in [9.17, 15) is 19.1 Å². The van der Waals surface area contributed by atoms with Crippen LogP contribution in [0.2, 0.25) is 0 Å². The summed E-state index contributed by atoms with van der Waals surface area (Å²) in [6.07, 6.45) is 0.116. The Balaban J connectivity index is 1.43. The average molecular weight is 613 g/mol. The quantitative estimate of drug-likeness (QED) is 0.190. The number of pyridine rings is 1. The van der Waals surface area contributed by atoms with E-state index in [0.29, 0.717) is 46.7 Å². The molecule has 0 unspecified atom stereocenters. The number of fused-ring (bicyclic) bond motifs is 1. The molecule has 0 aliphatic heterocycles. The van der Waals surface area contributed by atoms with Gasteiger partial charge in [-0.3, -0.25) is 0 Å². The number of aromatic carboxylic acids is 1. The molecule has 1 N–H and O–H groups in total. The van der Waals surface area contributed by atoms with Gasteiger partial charge in [0.1, 0.15) is 24.1 Å². The Morgan fingerprint density at radius 1 is 0.933 bits per heavy atom. The first-order valence-corrected chi connectivity index (χ1v) is 13.6. The molecule has 10 nitrogen and oxygen atoms in total. The van der Waals surface area contributed by atoms with E-state index in [1.807, 2.05) is 10.6 Å². The van der Waals surface area contributed by atoms with E-state index in [1.54, 1.807) is 37.4 Å². The van der Waals surface area contributed by atoms with Gasteiger partial charge in [-0.05, 0) is 48.0 Å². The van der Waals surface area contributed by atoms with Crippen molar-refractivity contribution in [2.45, 2.75) is 19.6 Å². The number of imidazole rings is 1. The summed E-state index contributed by atoms with van der Waals surface area (Å²) in [5, 5.41) is 18.6. The van der Waals surface area contributed by atoms with Crippen LogP contribution in [0.3, 0.4) is 0 Å². The first kappa shape index (κ1) is 30.8. The summed E-state index contributed by atoms with van der Waals surface area (Å²) in [6, 6.07) is 17.6. The van der Waals surface area contributed by atoms with Gasteiger partial charge < -0.3 is 23.9 Å². The first-order chi connectivity index (χ1) is 21.7. The van der Waals surface area contributed by atoms with E-state index in [-0.39, 0.29) is 41.3 Å². The second-order valence-electron chi connectivity index (χ2n) is 9.94. The molecule has 2 aromatic heterocycles. The number of ether oxygens (including phenoxy) is 3. The number of benzene rings is 3. The third kappa shape index (κ3) is 6.79. The van der Waals surface area contributed by atoms with Gasteiger partial charge in [-0.15, -0.1) is 0 Å². The van der Waals surface area contributed by atoms with Crippen LogP contribution in [0.1, 0.15) is 43.2 Å². The highest BCUT2D eigenvalue weighted by molar-refractivity contribution is 5.93. The minimum absolute atomic E-state index is 0.101. The maximum absolute atomic E-state index is 15.5. The maximum atomic E-state index is 15.5. The van der Waals surface area contributed by atoms with E-state index >= 15 is 4.39 Å². The predicted octanol–water partition coefficient (Wildman–Crippen LogP) is 5.55. The highest BCUT2D eigenvalue weighted by atomic mass is 19.1. The SMILES string of the molecule is COCCn1c(Cc2ccc(-c3cc(C(=O)O)cc(OCc4ccc(C#N)cc4F)n3)cc2F)nc2ccc(C(=O)OC)cc21. The Bertz CT molecular complexity index is 1970. The Hall–Kier alpha value is -5.67. The summed E-state index contributed by atoms with van der Waals surface area (Å²) >= 11 is 0. The van der Waals surface area contributed by atoms with Crippen LogP contribution in [0.5, 0.6) is 5.88 Å².